The van der Waals surface area contributed by atoms with Crippen LogP contribution in [0.15, 0.2) is 53.2 Å². The molecule has 3 rings (SSSR count). The number of nitrogens with zero attached hydrogens (tertiary/aromatic N) is 3. The molecule has 1 atom stereocenters. The van der Waals surface area contributed by atoms with Crippen molar-refractivity contribution in [3.05, 3.63) is 60.0 Å². The Kier molecular flexibility index (Phi) is 5.32. The number of hydrogen-bond donors (Lipinski definition) is 2. The molecule has 0 bridgehead atoms. The second kappa shape index (κ2) is 7.66. The van der Waals surface area contributed by atoms with Crippen molar-refractivity contribution in [1.82, 2.24) is 15.1 Å². The number of aryl methyl sites for hydroxylation is 1. The highest BCUT2D eigenvalue weighted by Crippen LogP contribution is 2.36. The predicted molar refractivity (Wildman–Crippen MR) is 101 cm³/mol. The van der Waals surface area contributed by atoms with Crippen molar-refractivity contribution >= 4 is 5.82 Å². The van der Waals surface area contributed by atoms with E-state index >= 15 is 0 Å². The Morgan fingerprint density at radius 2 is 1.92 bits per heavy atom. The smallest absolute Gasteiger partial charge is 0.261 e. The van der Waals surface area contributed by atoms with Gasteiger partial charge in [-0.2, -0.15) is 4.98 Å². The summed E-state index contributed by atoms with van der Waals surface area (Å²) in [5.74, 6) is 1.81. The van der Waals surface area contributed by atoms with Crippen LogP contribution in [0.4, 0.5) is 5.82 Å². The molecule has 0 amide bonds. The summed E-state index contributed by atoms with van der Waals surface area (Å²) in [4.78, 5) is 8.73. The average molecular weight is 352 g/mol. The molecule has 2 N–H and O–H groups in total. The molecular formula is C20H24N4O2. The van der Waals surface area contributed by atoms with Crippen LogP contribution >= 0.6 is 0 Å². The van der Waals surface area contributed by atoms with Gasteiger partial charge in [-0.25, -0.2) is 4.98 Å². The summed E-state index contributed by atoms with van der Waals surface area (Å²) in [6.45, 7) is 6.62. The summed E-state index contributed by atoms with van der Waals surface area (Å²) in [7, 11) is 0. The molecule has 0 saturated carbocycles. The van der Waals surface area contributed by atoms with E-state index in [-0.39, 0.29) is 17.9 Å². The summed E-state index contributed by atoms with van der Waals surface area (Å²) in [5.41, 5.74) is 1.65. The van der Waals surface area contributed by atoms with Crippen LogP contribution in [0.25, 0.3) is 11.5 Å². The van der Waals surface area contributed by atoms with Crippen LogP contribution < -0.4 is 5.32 Å². The third kappa shape index (κ3) is 3.91. The number of nitrogens with one attached hydrogen (secondary N) is 1. The van der Waals surface area contributed by atoms with E-state index < -0.39 is 0 Å². The molecule has 26 heavy (non-hydrogen) atoms. The van der Waals surface area contributed by atoms with Crippen LogP contribution in [0.5, 0.6) is 0 Å². The molecule has 0 aliphatic carbocycles. The number of hydrogen-bond acceptors (Lipinski definition) is 6. The van der Waals surface area contributed by atoms with Crippen LogP contribution in [-0.2, 0) is 0 Å². The maximum atomic E-state index is 9.88. The number of pyridine rings is 1. The van der Waals surface area contributed by atoms with Gasteiger partial charge in [0, 0.05) is 25.3 Å². The van der Waals surface area contributed by atoms with Crippen molar-refractivity contribution in [1.29, 1.82) is 0 Å². The quantitative estimate of drug-likeness (QED) is 0.675. The number of aromatic nitrogens is 3. The van der Waals surface area contributed by atoms with Gasteiger partial charge in [0.05, 0.1) is 5.56 Å². The molecule has 0 aliphatic heterocycles. The SMILES string of the molecule is Cc1noc(-c2cccnc2NCC(c2ccccc2)C(C)(C)CO)n1. The Morgan fingerprint density at radius 3 is 2.58 bits per heavy atom. The van der Waals surface area contributed by atoms with Crippen molar-refractivity contribution < 1.29 is 9.63 Å². The van der Waals surface area contributed by atoms with E-state index in [0.717, 1.165) is 5.56 Å². The third-order valence-corrected chi connectivity index (χ3v) is 4.59. The molecule has 0 spiro atoms. The molecule has 1 unspecified atom stereocenters. The van der Waals surface area contributed by atoms with E-state index in [4.69, 9.17) is 4.52 Å². The van der Waals surface area contributed by atoms with Crippen molar-refractivity contribution in [2.24, 2.45) is 5.41 Å². The zero-order chi connectivity index (χ0) is 18.6. The Labute approximate surface area is 153 Å². The van der Waals surface area contributed by atoms with Crippen molar-refractivity contribution in [2.45, 2.75) is 26.7 Å². The number of rotatable bonds is 7. The van der Waals surface area contributed by atoms with Crippen LogP contribution in [-0.4, -0.2) is 33.4 Å². The van der Waals surface area contributed by atoms with Gasteiger partial charge in [-0.1, -0.05) is 49.3 Å². The molecule has 0 fully saturated rings. The van der Waals surface area contributed by atoms with E-state index in [1.165, 1.54) is 5.56 Å². The Morgan fingerprint density at radius 1 is 1.15 bits per heavy atom. The summed E-state index contributed by atoms with van der Waals surface area (Å²) < 4.78 is 5.29. The third-order valence-electron chi connectivity index (χ3n) is 4.59. The maximum absolute atomic E-state index is 9.88. The molecule has 0 saturated heterocycles. The minimum atomic E-state index is -0.287. The first-order chi connectivity index (χ1) is 12.5. The van der Waals surface area contributed by atoms with Gasteiger partial charge >= 0.3 is 0 Å². The first kappa shape index (κ1) is 18.1. The summed E-state index contributed by atoms with van der Waals surface area (Å²) >= 11 is 0. The molecular weight excluding hydrogens is 328 g/mol. The topological polar surface area (TPSA) is 84.1 Å². The molecule has 6 nitrogen and oxygen atoms in total. The lowest BCUT2D eigenvalue weighted by molar-refractivity contribution is 0.134. The lowest BCUT2D eigenvalue weighted by Gasteiger charge is -2.33. The fraction of sp³-hybridized carbons (Fsp3) is 0.350. The first-order valence-electron chi connectivity index (χ1n) is 8.66. The van der Waals surface area contributed by atoms with Gasteiger partial charge in [0.25, 0.3) is 5.89 Å². The Balaban J connectivity index is 1.86. The van der Waals surface area contributed by atoms with Gasteiger partial charge in [0.1, 0.15) is 5.82 Å². The van der Waals surface area contributed by atoms with Crippen LogP contribution in [0.2, 0.25) is 0 Å². The molecule has 136 valence electrons. The highest BCUT2D eigenvalue weighted by molar-refractivity contribution is 5.68. The minimum Gasteiger partial charge on any atom is -0.396 e. The van der Waals surface area contributed by atoms with Gasteiger partial charge < -0.3 is 14.9 Å². The van der Waals surface area contributed by atoms with E-state index in [1.54, 1.807) is 13.1 Å². The van der Waals surface area contributed by atoms with E-state index in [1.807, 2.05) is 30.3 Å². The van der Waals surface area contributed by atoms with Gasteiger partial charge in [-0.3, -0.25) is 0 Å². The molecule has 2 heterocycles. The fourth-order valence-corrected chi connectivity index (χ4v) is 2.96. The fourth-order valence-electron chi connectivity index (χ4n) is 2.96. The zero-order valence-corrected chi connectivity index (χ0v) is 15.3. The number of anilines is 1. The van der Waals surface area contributed by atoms with Crippen LogP contribution in [0.1, 0.15) is 31.2 Å². The standard InChI is InChI=1S/C20H24N4O2/c1-14-23-19(26-24-14)16-10-7-11-21-18(16)22-12-17(20(2,3)13-25)15-8-5-4-6-9-15/h4-11,17,25H,12-13H2,1-3H3,(H,21,22). The first-order valence-corrected chi connectivity index (χ1v) is 8.66. The second-order valence-corrected chi connectivity index (χ2v) is 7.04. The van der Waals surface area contributed by atoms with Crippen molar-refractivity contribution in [3.63, 3.8) is 0 Å². The highest BCUT2D eigenvalue weighted by Gasteiger charge is 2.30. The van der Waals surface area contributed by atoms with Gasteiger partial charge in [-0.05, 0) is 30.0 Å². The van der Waals surface area contributed by atoms with Crippen LogP contribution in [0, 0.1) is 12.3 Å². The normalized spacial score (nSPS) is 12.8. The molecule has 2 aromatic heterocycles. The second-order valence-electron chi connectivity index (χ2n) is 7.04. The summed E-state index contributed by atoms with van der Waals surface area (Å²) in [6, 6.07) is 13.9. The highest BCUT2D eigenvalue weighted by atomic mass is 16.5. The number of aliphatic hydroxyl groups excluding tert-OH is 1. The molecule has 3 aromatic rings. The number of benzene rings is 1. The zero-order valence-electron chi connectivity index (χ0n) is 15.3. The van der Waals surface area contributed by atoms with E-state index in [2.05, 4.69) is 46.4 Å². The lowest BCUT2D eigenvalue weighted by Crippen LogP contribution is -2.31. The molecule has 6 heteroatoms. The Hall–Kier alpha value is -2.73. The van der Waals surface area contributed by atoms with E-state index in [9.17, 15) is 5.11 Å². The molecule has 0 radical (unpaired) electrons. The lowest BCUT2D eigenvalue weighted by atomic mass is 9.75. The summed E-state index contributed by atoms with van der Waals surface area (Å²) in [5, 5.41) is 17.1. The Bertz CT molecular complexity index is 846. The number of aliphatic hydroxyl groups is 1. The van der Waals surface area contributed by atoms with Gasteiger partial charge in [0.15, 0.2) is 5.82 Å². The monoisotopic (exact) mass is 352 g/mol. The molecule has 0 aliphatic rings. The molecule has 1 aromatic carbocycles. The van der Waals surface area contributed by atoms with Crippen molar-refractivity contribution in [2.75, 3.05) is 18.5 Å². The minimum absolute atomic E-state index is 0.0895. The predicted octanol–water partition coefficient (Wildman–Crippen LogP) is 3.65. The van der Waals surface area contributed by atoms with Crippen molar-refractivity contribution in [3.8, 4) is 11.5 Å². The van der Waals surface area contributed by atoms with E-state index in [0.29, 0.717) is 24.1 Å². The summed E-state index contributed by atoms with van der Waals surface area (Å²) in [6.07, 6.45) is 1.73. The van der Waals surface area contributed by atoms with Gasteiger partial charge in [0.2, 0.25) is 0 Å². The average Bonchev–Trinajstić information content (AvgIpc) is 3.09. The van der Waals surface area contributed by atoms with Gasteiger partial charge in [-0.15, -0.1) is 0 Å². The maximum Gasteiger partial charge on any atom is 0.261 e. The van der Waals surface area contributed by atoms with Crippen LogP contribution in [0.3, 0.4) is 0 Å². The largest absolute Gasteiger partial charge is 0.396 e.